The van der Waals surface area contributed by atoms with Gasteiger partial charge >= 0.3 is 0 Å². The lowest BCUT2D eigenvalue weighted by Crippen LogP contribution is -2.49. The van der Waals surface area contributed by atoms with E-state index >= 15 is 0 Å². The van der Waals surface area contributed by atoms with Crippen molar-refractivity contribution in [2.75, 3.05) is 36.4 Å². The Hall–Kier alpha value is -2.78. The maximum Gasteiger partial charge on any atom is 0.228 e. The summed E-state index contributed by atoms with van der Waals surface area (Å²) in [7, 11) is 0. The zero-order valence-corrected chi connectivity index (χ0v) is 16.5. The molecule has 4 rings (SSSR count). The van der Waals surface area contributed by atoms with Crippen LogP contribution in [0.25, 0.3) is 0 Å². The third kappa shape index (κ3) is 4.55. The van der Waals surface area contributed by atoms with E-state index in [2.05, 4.69) is 30.2 Å². The molecular weight excluding hydrogens is 398 g/mol. The average Bonchev–Trinajstić information content (AvgIpc) is 3.17. The predicted octanol–water partition coefficient (Wildman–Crippen LogP) is 2.62. The lowest BCUT2D eigenvalue weighted by atomic mass is 10.2. The molecule has 1 aliphatic heterocycles. The summed E-state index contributed by atoms with van der Waals surface area (Å²) in [4.78, 5) is 33.8. The van der Waals surface area contributed by atoms with Gasteiger partial charge in [-0.3, -0.25) is 4.79 Å². The number of rotatable bonds is 5. The van der Waals surface area contributed by atoms with Crippen molar-refractivity contribution in [1.29, 1.82) is 0 Å². The molecule has 4 heterocycles. The van der Waals surface area contributed by atoms with E-state index in [1.165, 1.54) is 11.3 Å². The summed E-state index contributed by atoms with van der Waals surface area (Å²) in [5.41, 5.74) is 0.750. The van der Waals surface area contributed by atoms with Crippen LogP contribution in [-0.2, 0) is 11.2 Å². The second kappa shape index (κ2) is 8.49. The molecule has 1 N–H and O–H groups in total. The van der Waals surface area contributed by atoms with Crippen molar-refractivity contribution in [2.24, 2.45) is 0 Å². The smallest absolute Gasteiger partial charge is 0.228 e. The first kappa shape index (κ1) is 18.6. The molecular formula is C18H18ClN7OS. The molecule has 8 nitrogen and oxygen atoms in total. The summed E-state index contributed by atoms with van der Waals surface area (Å²) in [6, 6.07) is 5.34. The fourth-order valence-corrected chi connectivity index (χ4v) is 3.71. The van der Waals surface area contributed by atoms with E-state index in [0.717, 1.165) is 18.8 Å². The van der Waals surface area contributed by atoms with Crippen LogP contribution in [0.2, 0.25) is 5.02 Å². The van der Waals surface area contributed by atoms with Gasteiger partial charge in [-0.05, 0) is 18.2 Å². The number of hydrogen-bond acceptors (Lipinski definition) is 8. The number of pyridine rings is 1. The van der Waals surface area contributed by atoms with E-state index in [0.29, 0.717) is 35.0 Å². The first-order chi connectivity index (χ1) is 13.7. The second-order valence-electron chi connectivity index (χ2n) is 6.22. The summed E-state index contributed by atoms with van der Waals surface area (Å²) >= 11 is 7.28. The highest BCUT2D eigenvalue weighted by Gasteiger charge is 2.23. The lowest BCUT2D eigenvalue weighted by Gasteiger charge is -2.34. The van der Waals surface area contributed by atoms with Gasteiger partial charge in [0.25, 0.3) is 0 Å². The number of carbonyl (C=O) groups is 1. The number of piperazine rings is 1. The monoisotopic (exact) mass is 415 g/mol. The maximum atomic E-state index is 12.6. The van der Waals surface area contributed by atoms with Gasteiger partial charge in [-0.15, -0.1) is 11.3 Å². The van der Waals surface area contributed by atoms with Crippen LogP contribution in [0.4, 0.5) is 16.9 Å². The Kier molecular flexibility index (Phi) is 5.63. The normalized spacial score (nSPS) is 14.2. The number of hydrogen-bond donors (Lipinski definition) is 1. The minimum atomic E-state index is 0.0788. The molecule has 28 heavy (non-hydrogen) atoms. The molecule has 0 unspecified atom stereocenters. The van der Waals surface area contributed by atoms with Crippen molar-refractivity contribution in [2.45, 2.75) is 6.42 Å². The number of thiazole rings is 1. The summed E-state index contributed by atoms with van der Waals surface area (Å²) in [5, 5.41) is 6.29. The van der Waals surface area contributed by atoms with Gasteiger partial charge in [0.15, 0.2) is 5.13 Å². The third-order valence-corrected chi connectivity index (χ3v) is 5.34. The quantitative estimate of drug-likeness (QED) is 0.685. The van der Waals surface area contributed by atoms with Crippen LogP contribution in [0.15, 0.2) is 42.2 Å². The first-order valence-corrected chi connectivity index (χ1v) is 10.1. The Labute approximate surface area is 171 Å². The van der Waals surface area contributed by atoms with Gasteiger partial charge in [-0.25, -0.2) is 19.9 Å². The van der Waals surface area contributed by atoms with E-state index in [4.69, 9.17) is 11.6 Å². The number of nitrogens with zero attached hydrogens (tertiary/aromatic N) is 6. The molecule has 0 aromatic carbocycles. The molecule has 0 spiro atoms. The molecule has 0 bridgehead atoms. The zero-order valence-electron chi connectivity index (χ0n) is 15.0. The summed E-state index contributed by atoms with van der Waals surface area (Å²) in [6.45, 7) is 2.76. The SMILES string of the molecule is O=C(Cc1csc(Nc2ccc(Cl)cn2)n1)N1CCN(c2ncccn2)CC1. The third-order valence-electron chi connectivity index (χ3n) is 4.31. The number of nitrogens with one attached hydrogen (secondary N) is 1. The summed E-state index contributed by atoms with van der Waals surface area (Å²) in [6.07, 6.45) is 5.32. The molecule has 0 atom stereocenters. The van der Waals surface area contributed by atoms with Crippen molar-refractivity contribution in [3.05, 3.63) is 52.9 Å². The van der Waals surface area contributed by atoms with Crippen molar-refractivity contribution in [3.63, 3.8) is 0 Å². The van der Waals surface area contributed by atoms with Crippen LogP contribution in [0.3, 0.4) is 0 Å². The molecule has 0 saturated carbocycles. The molecule has 1 saturated heterocycles. The van der Waals surface area contributed by atoms with Crippen LogP contribution < -0.4 is 10.2 Å². The summed E-state index contributed by atoms with van der Waals surface area (Å²) < 4.78 is 0. The Balaban J connectivity index is 1.30. The molecule has 1 fully saturated rings. The molecule has 144 valence electrons. The van der Waals surface area contributed by atoms with Crippen molar-refractivity contribution < 1.29 is 4.79 Å². The molecule has 3 aromatic heterocycles. The second-order valence-corrected chi connectivity index (χ2v) is 7.52. The minimum Gasteiger partial charge on any atom is -0.339 e. The van der Waals surface area contributed by atoms with Gasteiger partial charge in [-0.2, -0.15) is 0 Å². The average molecular weight is 416 g/mol. The predicted molar refractivity (Wildman–Crippen MR) is 109 cm³/mol. The zero-order chi connectivity index (χ0) is 19.3. The highest BCUT2D eigenvalue weighted by Crippen LogP contribution is 2.21. The Bertz CT molecular complexity index is 927. The number of amides is 1. The summed E-state index contributed by atoms with van der Waals surface area (Å²) in [5.74, 6) is 1.45. The number of halogens is 1. The molecule has 0 radical (unpaired) electrons. The standard InChI is InChI=1S/C18H18ClN7OS/c19-13-2-3-15(22-11-13)24-18-23-14(12-28-18)10-16(27)25-6-8-26(9-7-25)17-20-4-1-5-21-17/h1-5,11-12H,6-10H2,(H,22,23,24). The highest BCUT2D eigenvalue weighted by atomic mass is 35.5. The first-order valence-electron chi connectivity index (χ1n) is 8.80. The van der Waals surface area contributed by atoms with E-state index in [1.807, 2.05) is 10.3 Å². The number of anilines is 3. The Morgan fingerprint density at radius 1 is 1.14 bits per heavy atom. The Morgan fingerprint density at radius 3 is 2.64 bits per heavy atom. The van der Waals surface area contributed by atoms with E-state index in [9.17, 15) is 4.79 Å². The van der Waals surface area contributed by atoms with Crippen molar-refractivity contribution in [1.82, 2.24) is 24.8 Å². The van der Waals surface area contributed by atoms with Crippen LogP contribution in [0.5, 0.6) is 0 Å². The van der Waals surface area contributed by atoms with Crippen LogP contribution >= 0.6 is 22.9 Å². The number of carbonyl (C=O) groups excluding carboxylic acids is 1. The van der Waals surface area contributed by atoms with Gasteiger partial charge in [0.05, 0.1) is 17.1 Å². The van der Waals surface area contributed by atoms with Gasteiger partial charge in [-0.1, -0.05) is 11.6 Å². The van der Waals surface area contributed by atoms with E-state index in [-0.39, 0.29) is 12.3 Å². The molecule has 0 aliphatic carbocycles. The van der Waals surface area contributed by atoms with Gasteiger partial charge in [0.2, 0.25) is 11.9 Å². The van der Waals surface area contributed by atoms with Crippen LogP contribution in [0.1, 0.15) is 5.69 Å². The van der Waals surface area contributed by atoms with Gasteiger partial charge < -0.3 is 15.1 Å². The molecule has 1 amide bonds. The van der Waals surface area contributed by atoms with Gasteiger partial charge in [0.1, 0.15) is 5.82 Å². The van der Waals surface area contributed by atoms with Crippen molar-refractivity contribution >= 4 is 45.7 Å². The van der Waals surface area contributed by atoms with E-state index in [1.54, 1.807) is 36.8 Å². The van der Waals surface area contributed by atoms with E-state index < -0.39 is 0 Å². The lowest BCUT2D eigenvalue weighted by molar-refractivity contribution is -0.130. The molecule has 10 heteroatoms. The van der Waals surface area contributed by atoms with Crippen molar-refractivity contribution in [3.8, 4) is 0 Å². The largest absolute Gasteiger partial charge is 0.339 e. The minimum absolute atomic E-state index is 0.0788. The molecule has 1 aliphatic rings. The van der Waals surface area contributed by atoms with Crippen LogP contribution in [0, 0.1) is 0 Å². The fourth-order valence-electron chi connectivity index (χ4n) is 2.88. The Morgan fingerprint density at radius 2 is 1.93 bits per heavy atom. The maximum absolute atomic E-state index is 12.6. The topological polar surface area (TPSA) is 87.1 Å². The fraction of sp³-hybridized carbons (Fsp3) is 0.278. The van der Waals surface area contributed by atoms with Gasteiger partial charge in [0, 0.05) is 50.1 Å². The van der Waals surface area contributed by atoms with Crippen LogP contribution in [-0.4, -0.2) is 56.9 Å². The number of aromatic nitrogens is 4. The molecule has 3 aromatic rings. The highest BCUT2D eigenvalue weighted by molar-refractivity contribution is 7.13.